The van der Waals surface area contributed by atoms with E-state index in [0.717, 1.165) is 26.0 Å². The van der Waals surface area contributed by atoms with Crippen molar-refractivity contribution in [1.29, 1.82) is 0 Å². The average Bonchev–Trinajstić information content (AvgIpc) is 1.94. The minimum atomic E-state index is 0.402. The smallest absolute Gasteiger partial charge is 0.133 e. The lowest BCUT2D eigenvalue weighted by Gasteiger charge is -2.31. The zero-order valence-corrected chi connectivity index (χ0v) is 6.25. The van der Waals surface area contributed by atoms with Crippen LogP contribution in [0.15, 0.2) is 0 Å². The first-order valence-corrected chi connectivity index (χ1v) is 3.60. The van der Waals surface area contributed by atoms with E-state index in [9.17, 15) is 4.79 Å². The highest BCUT2D eigenvalue weighted by atomic mass is 16.5. The van der Waals surface area contributed by atoms with E-state index in [1.807, 2.05) is 0 Å². The molecule has 58 valence electrons. The number of morpholine rings is 1. The zero-order chi connectivity index (χ0) is 7.40. The van der Waals surface area contributed by atoms with E-state index in [4.69, 9.17) is 4.74 Å². The maximum absolute atomic E-state index is 10.1. The van der Waals surface area contributed by atoms with Crippen LogP contribution in [0.25, 0.3) is 0 Å². The lowest BCUT2D eigenvalue weighted by Crippen LogP contribution is -2.44. The van der Waals surface area contributed by atoms with Gasteiger partial charge in [0.15, 0.2) is 0 Å². The lowest BCUT2D eigenvalue weighted by atomic mass is 10.2. The molecule has 0 saturated carbocycles. The van der Waals surface area contributed by atoms with E-state index in [1.54, 1.807) is 0 Å². The van der Waals surface area contributed by atoms with Gasteiger partial charge in [-0.05, 0) is 6.92 Å². The fraction of sp³-hybridized carbons (Fsp3) is 0.857. The predicted octanol–water partition coefficient (Wildman–Crippen LogP) is -0.0940. The summed E-state index contributed by atoms with van der Waals surface area (Å²) in [6.07, 6.45) is 0.946. The van der Waals surface area contributed by atoms with Crippen LogP contribution in [0.1, 0.15) is 6.92 Å². The first kappa shape index (κ1) is 7.69. The van der Waals surface area contributed by atoms with E-state index in [1.165, 1.54) is 0 Å². The second-order valence-electron chi connectivity index (χ2n) is 2.59. The molecule has 0 aromatic carbocycles. The fourth-order valence-corrected chi connectivity index (χ4v) is 1.13. The van der Waals surface area contributed by atoms with Gasteiger partial charge in [0.2, 0.25) is 0 Å². The summed E-state index contributed by atoms with van der Waals surface area (Å²) in [7, 11) is 0. The molecule has 3 heteroatoms. The highest BCUT2D eigenvalue weighted by Gasteiger charge is 2.17. The number of rotatable bonds is 2. The molecule has 0 radical (unpaired) electrons. The molecule has 1 heterocycles. The molecule has 1 fully saturated rings. The highest BCUT2D eigenvalue weighted by Crippen LogP contribution is 2.03. The van der Waals surface area contributed by atoms with E-state index in [0.29, 0.717) is 12.6 Å². The first-order chi connectivity index (χ1) is 4.84. The Hall–Kier alpha value is -0.410. The fourth-order valence-electron chi connectivity index (χ4n) is 1.13. The van der Waals surface area contributed by atoms with Gasteiger partial charge in [-0.3, -0.25) is 4.90 Å². The minimum Gasteiger partial charge on any atom is -0.379 e. The third-order valence-electron chi connectivity index (χ3n) is 1.81. The largest absolute Gasteiger partial charge is 0.379 e. The molecular formula is C7H13NO2. The number of hydrogen-bond acceptors (Lipinski definition) is 3. The van der Waals surface area contributed by atoms with Gasteiger partial charge < -0.3 is 9.53 Å². The van der Waals surface area contributed by atoms with Crippen LogP contribution in [0.2, 0.25) is 0 Å². The summed E-state index contributed by atoms with van der Waals surface area (Å²) in [6, 6.07) is 0.402. The monoisotopic (exact) mass is 143 g/mol. The minimum absolute atomic E-state index is 0.402. The Balaban J connectivity index is 2.32. The molecule has 0 aromatic heterocycles. The summed E-state index contributed by atoms with van der Waals surface area (Å²) < 4.78 is 5.20. The van der Waals surface area contributed by atoms with Gasteiger partial charge in [-0.1, -0.05) is 0 Å². The lowest BCUT2D eigenvalue weighted by molar-refractivity contribution is -0.110. The van der Waals surface area contributed by atoms with E-state index in [-0.39, 0.29) is 0 Å². The summed E-state index contributed by atoms with van der Waals surface area (Å²) in [5.41, 5.74) is 0. The van der Waals surface area contributed by atoms with Crippen LogP contribution in [-0.4, -0.2) is 43.5 Å². The molecule has 1 atom stereocenters. The van der Waals surface area contributed by atoms with Crippen LogP contribution < -0.4 is 0 Å². The Morgan fingerprint density at radius 3 is 3.20 bits per heavy atom. The van der Waals surface area contributed by atoms with Gasteiger partial charge in [-0.15, -0.1) is 0 Å². The Bertz CT molecular complexity index is 116. The molecule has 0 unspecified atom stereocenters. The summed E-state index contributed by atoms with van der Waals surface area (Å²) in [5, 5.41) is 0. The number of nitrogens with zero attached hydrogens (tertiary/aromatic N) is 1. The average molecular weight is 143 g/mol. The van der Waals surface area contributed by atoms with Crippen molar-refractivity contribution in [2.24, 2.45) is 0 Å². The molecule has 10 heavy (non-hydrogen) atoms. The summed E-state index contributed by atoms with van der Waals surface area (Å²) in [6.45, 7) is 5.03. The van der Waals surface area contributed by atoms with Gasteiger partial charge in [0.1, 0.15) is 6.29 Å². The third kappa shape index (κ3) is 1.78. The summed E-state index contributed by atoms with van der Waals surface area (Å²) in [5.74, 6) is 0. The molecule has 1 aliphatic rings. The van der Waals surface area contributed by atoms with Crippen LogP contribution in [0, 0.1) is 0 Å². The topological polar surface area (TPSA) is 29.5 Å². The van der Waals surface area contributed by atoms with E-state index in [2.05, 4.69) is 11.8 Å². The van der Waals surface area contributed by atoms with Crippen molar-refractivity contribution in [2.75, 3.05) is 26.3 Å². The van der Waals surface area contributed by atoms with Crippen LogP contribution in [0.4, 0.5) is 0 Å². The van der Waals surface area contributed by atoms with Gasteiger partial charge in [-0.25, -0.2) is 0 Å². The molecule has 0 spiro atoms. The standard InChI is InChI=1S/C7H13NO2/c1-7-6-10-5-3-8(7)2-4-9/h4,7H,2-3,5-6H2,1H3/t7-/m1/s1. The van der Waals surface area contributed by atoms with E-state index >= 15 is 0 Å². The molecule has 0 N–H and O–H groups in total. The number of aldehydes is 1. The highest BCUT2D eigenvalue weighted by molar-refractivity contribution is 5.52. The van der Waals surface area contributed by atoms with Crippen molar-refractivity contribution in [3.8, 4) is 0 Å². The van der Waals surface area contributed by atoms with Gasteiger partial charge in [0, 0.05) is 12.6 Å². The molecule has 3 nitrogen and oxygen atoms in total. The van der Waals surface area contributed by atoms with Gasteiger partial charge in [0.25, 0.3) is 0 Å². The Labute approximate surface area is 61.0 Å². The van der Waals surface area contributed by atoms with Crippen molar-refractivity contribution >= 4 is 6.29 Å². The van der Waals surface area contributed by atoms with Crippen molar-refractivity contribution in [3.05, 3.63) is 0 Å². The number of ether oxygens (including phenoxy) is 1. The molecule has 0 amide bonds. The van der Waals surface area contributed by atoms with Crippen molar-refractivity contribution < 1.29 is 9.53 Å². The number of carbonyl (C=O) groups is 1. The third-order valence-corrected chi connectivity index (χ3v) is 1.81. The van der Waals surface area contributed by atoms with E-state index < -0.39 is 0 Å². The van der Waals surface area contributed by atoms with Crippen molar-refractivity contribution in [2.45, 2.75) is 13.0 Å². The number of carbonyl (C=O) groups excluding carboxylic acids is 1. The molecule has 1 aliphatic heterocycles. The van der Waals surface area contributed by atoms with Crippen molar-refractivity contribution in [3.63, 3.8) is 0 Å². The Kier molecular flexibility index (Phi) is 2.83. The van der Waals surface area contributed by atoms with Crippen molar-refractivity contribution in [1.82, 2.24) is 4.90 Å². The Morgan fingerprint density at radius 1 is 1.80 bits per heavy atom. The molecular weight excluding hydrogens is 130 g/mol. The summed E-state index contributed by atoms with van der Waals surface area (Å²) >= 11 is 0. The molecule has 1 rings (SSSR count). The zero-order valence-electron chi connectivity index (χ0n) is 6.25. The first-order valence-electron chi connectivity index (χ1n) is 3.60. The van der Waals surface area contributed by atoms with Crippen LogP contribution in [0.3, 0.4) is 0 Å². The predicted molar refractivity (Wildman–Crippen MR) is 37.9 cm³/mol. The van der Waals surface area contributed by atoms with Gasteiger partial charge in [0.05, 0.1) is 19.8 Å². The van der Waals surface area contributed by atoms with Gasteiger partial charge >= 0.3 is 0 Å². The normalized spacial score (nSPS) is 28.3. The second-order valence-corrected chi connectivity index (χ2v) is 2.59. The second kappa shape index (κ2) is 3.68. The Morgan fingerprint density at radius 2 is 2.60 bits per heavy atom. The van der Waals surface area contributed by atoms with Crippen LogP contribution >= 0.6 is 0 Å². The summed E-state index contributed by atoms with van der Waals surface area (Å²) in [4.78, 5) is 12.3. The maximum atomic E-state index is 10.1. The molecule has 1 saturated heterocycles. The van der Waals surface area contributed by atoms with Gasteiger partial charge in [-0.2, -0.15) is 0 Å². The molecule has 0 aromatic rings. The van der Waals surface area contributed by atoms with Crippen LogP contribution in [-0.2, 0) is 9.53 Å². The molecule has 0 bridgehead atoms. The molecule has 0 aliphatic carbocycles. The van der Waals surface area contributed by atoms with Crippen LogP contribution in [0.5, 0.6) is 0 Å². The SMILES string of the molecule is C[C@@H]1COCCN1CC=O. The maximum Gasteiger partial charge on any atom is 0.133 e. The number of hydrogen-bond donors (Lipinski definition) is 0. The quantitative estimate of drug-likeness (QED) is 0.506.